The fourth-order valence-electron chi connectivity index (χ4n) is 4.00. The number of benzene rings is 3. The Morgan fingerprint density at radius 1 is 0.458 bits per heavy atom. The van der Waals surface area contributed by atoms with Crippen LogP contribution in [0.1, 0.15) is 33.4 Å². The molecular formula is C22H26O2. The third-order valence-electron chi connectivity index (χ3n) is 5.67. The van der Waals surface area contributed by atoms with Gasteiger partial charge in [0.15, 0.2) is 0 Å². The molecule has 0 unspecified atom stereocenters. The predicted octanol–water partition coefficient (Wildman–Crippen LogP) is 5.86. The maximum absolute atomic E-state index is 5.67. The number of aryl methyl sites for hydroxylation is 4. The van der Waals surface area contributed by atoms with Crippen molar-refractivity contribution in [2.24, 2.45) is 0 Å². The molecular weight excluding hydrogens is 296 g/mol. The average molecular weight is 322 g/mol. The minimum atomic E-state index is 0.993. The molecule has 0 aliphatic carbocycles. The van der Waals surface area contributed by atoms with Gasteiger partial charge in [-0.15, -0.1) is 0 Å². The van der Waals surface area contributed by atoms with E-state index in [2.05, 4.69) is 53.7 Å². The molecule has 0 N–H and O–H groups in total. The van der Waals surface area contributed by atoms with Crippen molar-refractivity contribution in [1.82, 2.24) is 0 Å². The molecule has 0 fully saturated rings. The molecule has 3 aromatic carbocycles. The van der Waals surface area contributed by atoms with Crippen molar-refractivity contribution in [2.75, 3.05) is 14.2 Å². The molecule has 0 radical (unpaired) electrons. The van der Waals surface area contributed by atoms with E-state index in [1.54, 1.807) is 14.2 Å². The van der Waals surface area contributed by atoms with Crippen LogP contribution in [0.25, 0.3) is 21.5 Å². The summed E-state index contributed by atoms with van der Waals surface area (Å²) in [6, 6.07) is 4.65. The first-order chi connectivity index (χ1) is 11.3. The van der Waals surface area contributed by atoms with Crippen LogP contribution in [0.3, 0.4) is 0 Å². The summed E-state index contributed by atoms with van der Waals surface area (Å²) in [5.74, 6) is 1.99. The van der Waals surface area contributed by atoms with Gasteiger partial charge in [0.2, 0.25) is 0 Å². The minimum absolute atomic E-state index is 0.993. The molecule has 0 bridgehead atoms. The predicted molar refractivity (Wildman–Crippen MR) is 103 cm³/mol. The lowest BCUT2D eigenvalue weighted by Gasteiger charge is -2.20. The normalized spacial score (nSPS) is 11.3. The van der Waals surface area contributed by atoms with Crippen LogP contribution < -0.4 is 9.47 Å². The van der Waals surface area contributed by atoms with Crippen LogP contribution in [0.2, 0.25) is 0 Å². The summed E-state index contributed by atoms with van der Waals surface area (Å²) < 4.78 is 11.3. The van der Waals surface area contributed by atoms with Crippen LogP contribution in [-0.2, 0) is 0 Å². The third kappa shape index (κ3) is 2.09. The highest BCUT2D eigenvalue weighted by atomic mass is 16.5. The minimum Gasteiger partial charge on any atom is -0.496 e. The maximum atomic E-state index is 5.67. The molecule has 126 valence electrons. The van der Waals surface area contributed by atoms with Crippen molar-refractivity contribution >= 4 is 21.5 Å². The van der Waals surface area contributed by atoms with Gasteiger partial charge in [0.1, 0.15) is 11.5 Å². The van der Waals surface area contributed by atoms with Crippen LogP contribution in [0.4, 0.5) is 0 Å². The first-order valence-electron chi connectivity index (χ1n) is 8.38. The molecule has 0 aliphatic heterocycles. The fourth-order valence-corrected chi connectivity index (χ4v) is 4.00. The first-order valence-corrected chi connectivity index (χ1v) is 8.38. The summed E-state index contributed by atoms with van der Waals surface area (Å²) in [5, 5.41) is 5.14. The molecule has 0 aromatic heterocycles. The number of hydrogen-bond donors (Lipinski definition) is 0. The summed E-state index contributed by atoms with van der Waals surface area (Å²) in [5.41, 5.74) is 7.44. The maximum Gasteiger partial charge on any atom is 0.125 e. The van der Waals surface area contributed by atoms with E-state index < -0.39 is 0 Å². The zero-order chi connectivity index (χ0) is 17.8. The summed E-state index contributed by atoms with van der Waals surface area (Å²) in [6.45, 7) is 12.9. The summed E-state index contributed by atoms with van der Waals surface area (Å²) in [6.07, 6.45) is 0. The van der Waals surface area contributed by atoms with Gasteiger partial charge in [0, 0.05) is 0 Å². The van der Waals surface area contributed by atoms with Gasteiger partial charge in [0.25, 0.3) is 0 Å². The number of methoxy groups -OCH3 is 2. The van der Waals surface area contributed by atoms with E-state index >= 15 is 0 Å². The SMILES string of the molecule is COc1c(C)c(C)c2cc3c(C)c(C)c(OC)c(C)c3cc2c1C. The average Bonchev–Trinajstić information content (AvgIpc) is 2.58. The zero-order valence-corrected chi connectivity index (χ0v) is 16.0. The van der Waals surface area contributed by atoms with Crippen LogP contribution in [-0.4, -0.2) is 14.2 Å². The lowest BCUT2D eigenvalue weighted by atomic mass is 9.89. The standard InChI is InChI=1S/C22H26O2/c1-11-13(3)21(23-7)15(5)19-10-20-16(6)22(24-8)14(4)12(2)18(20)9-17(11)19/h9-10H,1-8H3. The Balaban J connectivity index is 2.59. The van der Waals surface area contributed by atoms with Gasteiger partial charge >= 0.3 is 0 Å². The lowest BCUT2D eigenvalue weighted by Crippen LogP contribution is -1.99. The molecule has 2 heteroatoms. The van der Waals surface area contributed by atoms with Crippen LogP contribution in [0, 0.1) is 41.5 Å². The van der Waals surface area contributed by atoms with Crippen molar-refractivity contribution in [3.63, 3.8) is 0 Å². The van der Waals surface area contributed by atoms with Crippen molar-refractivity contribution in [3.8, 4) is 11.5 Å². The van der Waals surface area contributed by atoms with Gasteiger partial charge in [0.05, 0.1) is 14.2 Å². The topological polar surface area (TPSA) is 18.5 Å². The van der Waals surface area contributed by atoms with E-state index in [9.17, 15) is 0 Å². The molecule has 0 saturated carbocycles. The summed E-state index contributed by atoms with van der Waals surface area (Å²) in [4.78, 5) is 0. The van der Waals surface area contributed by atoms with E-state index in [0.29, 0.717) is 0 Å². The second-order valence-corrected chi connectivity index (χ2v) is 6.76. The van der Waals surface area contributed by atoms with E-state index in [0.717, 1.165) is 11.5 Å². The molecule has 2 nitrogen and oxygen atoms in total. The lowest BCUT2D eigenvalue weighted by molar-refractivity contribution is 0.409. The molecule has 3 aromatic rings. The molecule has 0 spiro atoms. The molecule has 0 heterocycles. The third-order valence-corrected chi connectivity index (χ3v) is 5.67. The van der Waals surface area contributed by atoms with Crippen molar-refractivity contribution in [1.29, 1.82) is 0 Å². The summed E-state index contributed by atoms with van der Waals surface area (Å²) >= 11 is 0. The van der Waals surface area contributed by atoms with Gasteiger partial charge in [-0.05, 0) is 109 Å². The fraction of sp³-hybridized carbons (Fsp3) is 0.364. The zero-order valence-electron chi connectivity index (χ0n) is 16.0. The Bertz CT molecular complexity index is 904. The van der Waals surface area contributed by atoms with Gasteiger partial charge < -0.3 is 9.47 Å². The molecule has 0 atom stereocenters. The van der Waals surface area contributed by atoms with E-state index in [1.165, 1.54) is 54.9 Å². The highest BCUT2D eigenvalue weighted by Crippen LogP contribution is 2.41. The number of fused-ring (bicyclic) bond motifs is 2. The number of ether oxygens (including phenoxy) is 2. The molecule has 0 saturated heterocycles. The quantitative estimate of drug-likeness (QED) is 0.550. The van der Waals surface area contributed by atoms with Gasteiger partial charge in [-0.2, -0.15) is 0 Å². The van der Waals surface area contributed by atoms with Crippen LogP contribution in [0.5, 0.6) is 11.5 Å². The monoisotopic (exact) mass is 322 g/mol. The molecule has 0 aliphatic rings. The van der Waals surface area contributed by atoms with Crippen molar-refractivity contribution in [3.05, 3.63) is 45.5 Å². The Hall–Kier alpha value is -2.22. The van der Waals surface area contributed by atoms with Crippen LogP contribution >= 0.6 is 0 Å². The largest absolute Gasteiger partial charge is 0.496 e. The Kier molecular flexibility index (Phi) is 3.95. The van der Waals surface area contributed by atoms with Crippen LogP contribution in [0.15, 0.2) is 12.1 Å². The first kappa shape index (κ1) is 16.6. The Labute approximate surface area is 144 Å². The van der Waals surface area contributed by atoms with E-state index in [-0.39, 0.29) is 0 Å². The number of hydrogen-bond acceptors (Lipinski definition) is 2. The van der Waals surface area contributed by atoms with Crippen molar-refractivity contribution < 1.29 is 9.47 Å². The summed E-state index contributed by atoms with van der Waals surface area (Å²) in [7, 11) is 3.51. The van der Waals surface area contributed by atoms with E-state index in [4.69, 9.17) is 9.47 Å². The highest BCUT2D eigenvalue weighted by Gasteiger charge is 2.17. The second-order valence-electron chi connectivity index (χ2n) is 6.76. The smallest absolute Gasteiger partial charge is 0.125 e. The molecule has 3 rings (SSSR count). The van der Waals surface area contributed by atoms with Crippen molar-refractivity contribution in [2.45, 2.75) is 41.5 Å². The van der Waals surface area contributed by atoms with E-state index in [1.807, 2.05) is 0 Å². The number of rotatable bonds is 2. The Morgan fingerprint density at radius 2 is 0.750 bits per heavy atom. The highest BCUT2D eigenvalue weighted by molar-refractivity contribution is 6.05. The van der Waals surface area contributed by atoms with Gasteiger partial charge in [-0.1, -0.05) is 0 Å². The van der Waals surface area contributed by atoms with Gasteiger partial charge in [-0.3, -0.25) is 0 Å². The van der Waals surface area contributed by atoms with Gasteiger partial charge in [-0.25, -0.2) is 0 Å². The molecule has 24 heavy (non-hydrogen) atoms. The Morgan fingerprint density at radius 3 is 1.04 bits per heavy atom. The second kappa shape index (κ2) is 5.70. The molecule has 0 amide bonds.